The van der Waals surface area contributed by atoms with Crippen LogP contribution in [0.15, 0.2) is 53.4 Å². The maximum atomic E-state index is 12.9. The summed E-state index contributed by atoms with van der Waals surface area (Å²) in [6, 6.07) is 13.9. The molecule has 7 heteroatoms. The van der Waals surface area contributed by atoms with Gasteiger partial charge in [0, 0.05) is 13.1 Å². The molecule has 0 atom stereocenters. The van der Waals surface area contributed by atoms with E-state index in [0.29, 0.717) is 44.0 Å². The van der Waals surface area contributed by atoms with Crippen LogP contribution in [0.3, 0.4) is 0 Å². The first-order valence-electron chi connectivity index (χ1n) is 9.97. The van der Waals surface area contributed by atoms with Gasteiger partial charge in [-0.15, -0.1) is 0 Å². The van der Waals surface area contributed by atoms with Crippen LogP contribution in [-0.4, -0.2) is 38.4 Å². The summed E-state index contributed by atoms with van der Waals surface area (Å²) in [5, 5.41) is 0. The number of piperidine rings is 1. The fraction of sp³-hybridized carbons (Fsp3) is 0.409. The van der Waals surface area contributed by atoms with Crippen molar-refractivity contribution in [1.29, 1.82) is 0 Å². The van der Waals surface area contributed by atoms with E-state index in [-0.39, 0.29) is 16.8 Å². The largest absolute Gasteiger partial charge is 0.494 e. The lowest BCUT2D eigenvalue weighted by Crippen LogP contribution is -2.41. The molecule has 3 rings (SSSR count). The zero-order valence-electron chi connectivity index (χ0n) is 16.8. The van der Waals surface area contributed by atoms with Gasteiger partial charge in [0.1, 0.15) is 11.5 Å². The third kappa shape index (κ3) is 5.16. The predicted molar refractivity (Wildman–Crippen MR) is 111 cm³/mol. The molecular formula is C22H27NO5S. The molecule has 0 bridgehead atoms. The average Bonchev–Trinajstić information content (AvgIpc) is 2.75. The minimum absolute atomic E-state index is 0.234. The van der Waals surface area contributed by atoms with Crippen molar-refractivity contribution < 1.29 is 22.7 Å². The van der Waals surface area contributed by atoms with Crippen LogP contribution in [0.5, 0.6) is 11.5 Å². The number of benzene rings is 2. The van der Waals surface area contributed by atoms with Gasteiger partial charge in [-0.25, -0.2) is 8.42 Å². The van der Waals surface area contributed by atoms with Crippen molar-refractivity contribution in [2.24, 2.45) is 5.92 Å². The van der Waals surface area contributed by atoms with Crippen molar-refractivity contribution in [3.63, 3.8) is 0 Å². The molecule has 2 aromatic rings. The molecule has 1 fully saturated rings. The van der Waals surface area contributed by atoms with E-state index in [4.69, 9.17) is 9.47 Å². The van der Waals surface area contributed by atoms with E-state index in [1.54, 1.807) is 36.4 Å². The van der Waals surface area contributed by atoms with Crippen LogP contribution in [-0.2, 0) is 21.2 Å². The van der Waals surface area contributed by atoms with Crippen LogP contribution in [0, 0.1) is 5.92 Å². The van der Waals surface area contributed by atoms with Crippen molar-refractivity contribution in [2.75, 3.05) is 19.7 Å². The van der Waals surface area contributed by atoms with E-state index in [9.17, 15) is 13.2 Å². The molecule has 1 aliphatic heterocycles. The van der Waals surface area contributed by atoms with Crippen LogP contribution < -0.4 is 9.47 Å². The second-order valence-corrected chi connectivity index (χ2v) is 8.94. The fourth-order valence-electron chi connectivity index (χ4n) is 3.35. The molecule has 0 aliphatic carbocycles. The minimum atomic E-state index is -3.58. The number of sulfonamides is 1. The lowest BCUT2D eigenvalue weighted by Gasteiger charge is -2.30. The Morgan fingerprint density at radius 1 is 0.966 bits per heavy atom. The lowest BCUT2D eigenvalue weighted by molar-refractivity contribution is -0.140. The summed E-state index contributed by atoms with van der Waals surface area (Å²) in [6.45, 7) is 5.06. The minimum Gasteiger partial charge on any atom is -0.494 e. The van der Waals surface area contributed by atoms with Crippen molar-refractivity contribution >= 4 is 16.0 Å². The number of esters is 1. The van der Waals surface area contributed by atoms with Crippen LogP contribution in [0.4, 0.5) is 0 Å². The highest BCUT2D eigenvalue weighted by atomic mass is 32.2. The Kier molecular flexibility index (Phi) is 6.92. The van der Waals surface area contributed by atoms with E-state index in [1.807, 2.05) is 19.1 Å². The Balaban J connectivity index is 1.57. The van der Waals surface area contributed by atoms with Gasteiger partial charge in [0.05, 0.1) is 17.4 Å². The van der Waals surface area contributed by atoms with Crippen LogP contribution in [0.2, 0.25) is 0 Å². The van der Waals surface area contributed by atoms with Gasteiger partial charge in [-0.05, 0) is 68.1 Å². The van der Waals surface area contributed by atoms with E-state index in [2.05, 4.69) is 6.92 Å². The quantitative estimate of drug-likeness (QED) is 0.508. The van der Waals surface area contributed by atoms with Gasteiger partial charge in [0.2, 0.25) is 10.0 Å². The number of hydrogen-bond acceptors (Lipinski definition) is 5. The first-order valence-corrected chi connectivity index (χ1v) is 11.4. The summed E-state index contributed by atoms with van der Waals surface area (Å²) in [4.78, 5) is 12.7. The zero-order valence-corrected chi connectivity index (χ0v) is 17.7. The molecule has 1 aliphatic rings. The maximum absolute atomic E-state index is 12.9. The molecule has 2 aromatic carbocycles. The molecule has 0 aromatic heterocycles. The second kappa shape index (κ2) is 9.41. The lowest BCUT2D eigenvalue weighted by atomic mass is 9.98. The maximum Gasteiger partial charge on any atom is 0.314 e. The molecule has 0 unspecified atom stereocenters. The Labute approximate surface area is 172 Å². The van der Waals surface area contributed by atoms with Gasteiger partial charge >= 0.3 is 5.97 Å². The van der Waals surface area contributed by atoms with Crippen molar-refractivity contribution in [3.05, 3.63) is 54.1 Å². The Bertz CT molecular complexity index is 915. The van der Waals surface area contributed by atoms with Gasteiger partial charge in [0.15, 0.2) is 0 Å². The van der Waals surface area contributed by atoms with Gasteiger partial charge in [-0.1, -0.05) is 19.1 Å². The average molecular weight is 418 g/mol. The van der Waals surface area contributed by atoms with Crippen LogP contribution in [0.25, 0.3) is 0 Å². The molecule has 156 valence electrons. The third-order valence-electron chi connectivity index (χ3n) is 5.11. The summed E-state index contributed by atoms with van der Waals surface area (Å²) in [5.74, 6) is 0.566. The fourth-order valence-corrected chi connectivity index (χ4v) is 4.82. The summed E-state index contributed by atoms with van der Waals surface area (Å²) in [6.07, 6.45) is 1.82. The van der Waals surface area contributed by atoms with Gasteiger partial charge < -0.3 is 9.47 Å². The summed E-state index contributed by atoms with van der Waals surface area (Å²) in [7, 11) is -3.58. The van der Waals surface area contributed by atoms with Crippen molar-refractivity contribution in [3.8, 4) is 11.5 Å². The monoisotopic (exact) mass is 417 g/mol. The number of carbonyl (C=O) groups excluding carboxylic acids is 1. The topological polar surface area (TPSA) is 72.9 Å². The Hall–Kier alpha value is -2.38. The molecular weight excluding hydrogens is 390 g/mol. The standard InChI is InChI=1S/C22H27NO5S/c1-3-17-5-7-20(8-6-17)28-22(24)18-13-15-23(16-14-18)29(25,26)21-11-9-19(10-12-21)27-4-2/h5-12,18H,3-4,13-16H2,1-2H3. The highest BCUT2D eigenvalue weighted by Gasteiger charge is 2.33. The summed E-state index contributed by atoms with van der Waals surface area (Å²) >= 11 is 0. The number of carbonyl (C=O) groups is 1. The number of rotatable bonds is 7. The summed E-state index contributed by atoms with van der Waals surface area (Å²) < 4.78 is 38.0. The molecule has 1 saturated heterocycles. The highest BCUT2D eigenvalue weighted by Crippen LogP contribution is 2.26. The van der Waals surface area contributed by atoms with E-state index < -0.39 is 10.0 Å². The molecule has 0 radical (unpaired) electrons. The number of hydrogen-bond donors (Lipinski definition) is 0. The highest BCUT2D eigenvalue weighted by molar-refractivity contribution is 7.89. The smallest absolute Gasteiger partial charge is 0.314 e. The molecule has 1 heterocycles. The van der Waals surface area contributed by atoms with E-state index in [0.717, 1.165) is 6.42 Å². The number of ether oxygens (including phenoxy) is 2. The van der Waals surface area contributed by atoms with E-state index in [1.165, 1.54) is 9.87 Å². The SMILES string of the molecule is CCOc1ccc(S(=O)(=O)N2CCC(C(=O)Oc3ccc(CC)cc3)CC2)cc1. The Morgan fingerprint density at radius 3 is 2.10 bits per heavy atom. The first kappa shape index (κ1) is 21.3. The summed E-state index contributed by atoms with van der Waals surface area (Å²) in [5.41, 5.74) is 1.18. The normalized spacial score (nSPS) is 15.8. The zero-order chi connectivity index (χ0) is 20.9. The molecule has 0 amide bonds. The van der Waals surface area contributed by atoms with Crippen LogP contribution >= 0.6 is 0 Å². The van der Waals surface area contributed by atoms with Crippen LogP contribution in [0.1, 0.15) is 32.3 Å². The predicted octanol–water partition coefficient (Wildman–Crippen LogP) is 3.65. The molecule has 29 heavy (non-hydrogen) atoms. The van der Waals surface area contributed by atoms with Gasteiger partial charge in [-0.3, -0.25) is 4.79 Å². The number of aryl methyl sites for hydroxylation is 1. The van der Waals surface area contributed by atoms with Crippen molar-refractivity contribution in [2.45, 2.75) is 38.0 Å². The molecule has 0 N–H and O–H groups in total. The van der Waals surface area contributed by atoms with Gasteiger partial charge in [-0.2, -0.15) is 4.31 Å². The number of nitrogens with zero attached hydrogens (tertiary/aromatic N) is 1. The third-order valence-corrected chi connectivity index (χ3v) is 7.02. The van der Waals surface area contributed by atoms with Crippen molar-refractivity contribution in [1.82, 2.24) is 4.31 Å². The molecule has 0 saturated carbocycles. The Morgan fingerprint density at radius 2 is 1.55 bits per heavy atom. The first-order chi connectivity index (χ1) is 13.9. The molecule has 0 spiro atoms. The molecule has 6 nitrogen and oxygen atoms in total. The second-order valence-electron chi connectivity index (χ2n) is 7.00. The van der Waals surface area contributed by atoms with Gasteiger partial charge in [0.25, 0.3) is 0 Å². The van der Waals surface area contributed by atoms with E-state index >= 15 is 0 Å².